The molecular formula is C14H17Cl2NO3S. The third kappa shape index (κ3) is 4.34. The highest BCUT2D eigenvalue weighted by Crippen LogP contribution is 2.23. The minimum absolute atomic E-state index is 0.0350. The number of amides is 1. The summed E-state index contributed by atoms with van der Waals surface area (Å²) in [6, 6.07) is 5.20. The molecule has 2 rings (SSSR count). The van der Waals surface area contributed by atoms with Crippen LogP contribution in [-0.2, 0) is 21.1 Å². The summed E-state index contributed by atoms with van der Waals surface area (Å²) in [5, 5.41) is 0.678. The Bertz CT molecular complexity index is 646. The smallest absolute Gasteiger partial charge is 0.222 e. The minimum Gasteiger partial charge on any atom is -0.341 e. The van der Waals surface area contributed by atoms with E-state index in [0.717, 1.165) is 5.56 Å². The maximum Gasteiger partial charge on any atom is 0.222 e. The Kier molecular flexibility index (Phi) is 5.17. The van der Waals surface area contributed by atoms with Gasteiger partial charge in [-0.3, -0.25) is 4.79 Å². The number of hydrogen-bond acceptors (Lipinski definition) is 3. The highest BCUT2D eigenvalue weighted by Gasteiger charge is 2.32. The summed E-state index contributed by atoms with van der Waals surface area (Å²) in [6.07, 6.45) is 2.58. The fourth-order valence-electron chi connectivity index (χ4n) is 2.43. The van der Waals surface area contributed by atoms with Crippen LogP contribution in [0.4, 0.5) is 0 Å². The van der Waals surface area contributed by atoms with Crippen molar-refractivity contribution in [3.8, 4) is 0 Å². The first-order valence-electron chi connectivity index (χ1n) is 6.68. The second-order valence-corrected chi connectivity index (χ2v) is 8.49. The van der Waals surface area contributed by atoms with Gasteiger partial charge in [0.25, 0.3) is 0 Å². The molecule has 1 aliphatic heterocycles. The standard InChI is InChI=1S/C14H17Cl2NO3S/c1-21(19,20)12-6-7-17(9-12)14(18)5-3-10-2-4-11(15)8-13(10)16/h2,4,8,12H,3,5-7,9H2,1H3. The first-order chi connectivity index (χ1) is 9.77. The Morgan fingerprint density at radius 2 is 2.10 bits per heavy atom. The summed E-state index contributed by atoms with van der Waals surface area (Å²) in [4.78, 5) is 13.8. The summed E-state index contributed by atoms with van der Waals surface area (Å²) in [5.74, 6) is -0.0350. The van der Waals surface area contributed by atoms with Gasteiger partial charge in [-0.25, -0.2) is 8.42 Å². The lowest BCUT2D eigenvalue weighted by atomic mass is 10.1. The number of hydrogen-bond donors (Lipinski definition) is 0. The van der Waals surface area contributed by atoms with Gasteiger partial charge in [-0.1, -0.05) is 29.3 Å². The molecule has 4 nitrogen and oxygen atoms in total. The van der Waals surface area contributed by atoms with Gasteiger partial charge in [0, 0.05) is 35.8 Å². The zero-order valence-corrected chi connectivity index (χ0v) is 14.0. The summed E-state index contributed by atoms with van der Waals surface area (Å²) >= 11 is 11.9. The van der Waals surface area contributed by atoms with Crippen molar-refractivity contribution in [3.63, 3.8) is 0 Å². The molecule has 1 aliphatic rings. The summed E-state index contributed by atoms with van der Waals surface area (Å²) in [7, 11) is -3.08. The molecule has 0 radical (unpaired) electrons. The van der Waals surface area contributed by atoms with Crippen LogP contribution in [0.25, 0.3) is 0 Å². The van der Waals surface area contributed by atoms with Crippen molar-refractivity contribution in [3.05, 3.63) is 33.8 Å². The van der Waals surface area contributed by atoms with Gasteiger partial charge in [-0.15, -0.1) is 0 Å². The molecule has 0 aromatic heterocycles. The Morgan fingerprint density at radius 3 is 2.67 bits per heavy atom. The number of carbonyl (C=O) groups is 1. The van der Waals surface area contributed by atoms with E-state index in [4.69, 9.17) is 23.2 Å². The Labute approximate surface area is 134 Å². The average Bonchev–Trinajstić information content (AvgIpc) is 2.87. The quantitative estimate of drug-likeness (QED) is 0.839. The van der Waals surface area contributed by atoms with Gasteiger partial charge < -0.3 is 4.90 Å². The minimum atomic E-state index is -3.08. The van der Waals surface area contributed by atoms with E-state index in [9.17, 15) is 13.2 Å². The monoisotopic (exact) mass is 349 g/mol. The fraction of sp³-hybridized carbons (Fsp3) is 0.500. The SMILES string of the molecule is CS(=O)(=O)C1CCN(C(=O)CCc2ccc(Cl)cc2Cl)C1. The Hall–Kier alpha value is -0.780. The number of aryl methyl sites for hydroxylation is 1. The van der Waals surface area contributed by atoms with Gasteiger partial charge in [-0.2, -0.15) is 0 Å². The van der Waals surface area contributed by atoms with Crippen LogP contribution < -0.4 is 0 Å². The molecule has 7 heteroatoms. The summed E-state index contributed by atoms with van der Waals surface area (Å²) < 4.78 is 23.0. The third-order valence-corrected chi connectivity index (χ3v) is 5.91. The predicted octanol–water partition coefficient (Wildman–Crippen LogP) is 2.57. The van der Waals surface area contributed by atoms with E-state index >= 15 is 0 Å². The molecule has 1 atom stereocenters. The highest BCUT2D eigenvalue weighted by atomic mass is 35.5. The lowest BCUT2D eigenvalue weighted by molar-refractivity contribution is -0.130. The van der Waals surface area contributed by atoms with Crippen LogP contribution in [0.15, 0.2) is 18.2 Å². The van der Waals surface area contributed by atoms with Crippen molar-refractivity contribution >= 4 is 38.9 Å². The van der Waals surface area contributed by atoms with E-state index in [0.29, 0.717) is 42.4 Å². The second kappa shape index (κ2) is 6.55. The molecule has 0 N–H and O–H groups in total. The topological polar surface area (TPSA) is 54.5 Å². The van der Waals surface area contributed by atoms with Crippen LogP contribution in [0.5, 0.6) is 0 Å². The maximum atomic E-state index is 12.1. The van der Waals surface area contributed by atoms with Crippen molar-refractivity contribution in [1.82, 2.24) is 4.90 Å². The molecular weight excluding hydrogens is 333 g/mol. The molecule has 0 aliphatic carbocycles. The number of halogens is 2. The lowest BCUT2D eigenvalue weighted by Crippen LogP contribution is -2.31. The predicted molar refractivity (Wildman–Crippen MR) is 84.6 cm³/mol. The van der Waals surface area contributed by atoms with Crippen LogP contribution >= 0.6 is 23.2 Å². The number of sulfone groups is 1. The molecule has 1 unspecified atom stereocenters. The summed E-state index contributed by atoms with van der Waals surface area (Å²) in [5.41, 5.74) is 0.869. The van der Waals surface area contributed by atoms with E-state index in [1.165, 1.54) is 6.26 Å². The molecule has 21 heavy (non-hydrogen) atoms. The third-order valence-electron chi connectivity index (χ3n) is 3.73. The largest absolute Gasteiger partial charge is 0.341 e. The molecule has 1 amide bonds. The van der Waals surface area contributed by atoms with Crippen molar-refractivity contribution in [2.75, 3.05) is 19.3 Å². The number of nitrogens with zero attached hydrogens (tertiary/aromatic N) is 1. The van der Waals surface area contributed by atoms with Gasteiger partial charge in [0.15, 0.2) is 9.84 Å². The van der Waals surface area contributed by atoms with Crippen molar-refractivity contribution < 1.29 is 13.2 Å². The number of carbonyl (C=O) groups excluding carboxylic acids is 1. The van der Waals surface area contributed by atoms with Gasteiger partial charge in [0.2, 0.25) is 5.91 Å². The van der Waals surface area contributed by atoms with E-state index in [2.05, 4.69) is 0 Å². The molecule has 1 aromatic rings. The normalized spacial score (nSPS) is 19.0. The summed E-state index contributed by atoms with van der Waals surface area (Å²) in [6.45, 7) is 0.803. The van der Waals surface area contributed by atoms with E-state index < -0.39 is 15.1 Å². The number of likely N-dealkylation sites (tertiary alicyclic amines) is 1. The van der Waals surface area contributed by atoms with Crippen LogP contribution in [0.1, 0.15) is 18.4 Å². The van der Waals surface area contributed by atoms with Gasteiger partial charge in [-0.05, 0) is 30.5 Å². The number of rotatable bonds is 4. The van der Waals surface area contributed by atoms with Crippen LogP contribution in [-0.4, -0.2) is 43.8 Å². The molecule has 0 spiro atoms. The van der Waals surface area contributed by atoms with E-state index in [1.54, 1.807) is 23.1 Å². The molecule has 1 heterocycles. The fourth-order valence-corrected chi connectivity index (χ4v) is 3.92. The van der Waals surface area contributed by atoms with Crippen LogP contribution in [0.3, 0.4) is 0 Å². The van der Waals surface area contributed by atoms with Crippen LogP contribution in [0, 0.1) is 0 Å². The van der Waals surface area contributed by atoms with Gasteiger partial charge in [0.1, 0.15) is 0 Å². The first kappa shape index (κ1) is 16.6. The van der Waals surface area contributed by atoms with Gasteiger partial charge >= 0.3 is 0 Å². The Morgan fingerprint density at radius 1 is 1.38 bits per heavy atom. The lowest BCUT2D eigenvalue weighted by Gasteiger charge is -2.16. The van der Waals surface area contributed by atoms with Crippen molar-refractivity contribution in [1.29, 1.82) is 0 Å². The van der Waals surface area contributed by atoms with E-state index in [1.807, 2.05) is 0 Å². The molecule has 0 saturated carbocycles. The number of benzene rings is 1. The molecule has 0 bridgehead atoms. The van der Waals surface area contributed by atoms with Crippen LogP contribution in [0.2, 0.25) is 10.0 Å². The second-order valence-electron chi connectivity index (χ2n) is 5.32. The highest BCUT2D eigenvalue weighted by molar-refractivity contribution is 7.91. The molecule has 116 valence electrons. The zero-order chi connectivity index (χ0) is 15.6. The molecule has 1 saturated heterocycles. The average molecular weight is 350 g/mol. The van der Waals surface area contributed by atoms with Crippen molar-refractivity contribution in [2.45, 2.75) is 24.5 Å². The van der Waals surface area contributed by atoms with Gasteiger partial charge in [0.05, 0.1) is 5.25 Å². The maximum absolute atomic E-state index is 12.1. The first-order valence-corrected chi connectivity index (χ1v) is 9.39. The molecule has 1 aromatic carbocycles. The Balaban J connectivity index is 1.91. The van der Waals surface area contributed by atoms with E-state index in [-0.39, 0.29) is 5.91 Å². The van der Waals surface area contributed by atoms with Crippen molar-refractivity contribution in [2.24, 2.45) is 0 Å². The zero-order valence-electron chi connectivity index (χ0n) is 11.7. The molecule has 1 fully saturated rings.